The Labute approximate surface area is 187 Å². The van der Waals surface area contributed by atoms with E-state index in [2.05, 4.69) is 46.4 Å². The third-order valence-corrected chi connectivity index (χ3v) is 5.73. The van der Waals surface area contributed by atoms with Crippen LogP contribution in [0.4, 0.5) is 4.79 Å². The van der Waals surface area contributed by atoms with E-state index in [0.29, 0.717) is 6.61 Å². The summed E-state index contributed by atoms with van der Waals surface area (Å²) in [5.74, 6) is 6.12. The molecule has 1 amide bonds. The Hall–Kier alpha value is -4.10. The van der Waals surface area contributed by atoms with Gasteiger partial charge in [-0.25, -0.2) is 4.79 Å². The van der Waals surface area contributed by atoms with Crippen molar-refractivity contribution in [1.82, 2.24) is 10.3 Å². The van der Waals surface area contributed by atoms with Crippen LogP contribution >= 0.6 is 0 Å². The summed E-state index contributed by atoms with van der Waals surface area (Å²) in [6.45, 7) is 2.49. The fourth-order valence-electron chi connectivity index (χ4n) is 4.22. The summed E-state index contributed by atoms with van der Waals surface area (Å²) in [6.07, 6.45) is -0.459. The standard InChI is InChI=1S/C28H22N2O2/c1-19-12-14-21-17-20(13-15-27(21)30-19)7-6-16-29-28(31)32-18-26-24-10-4-2-8-22(24)23-9-3-5-11-25(23)26/h2-5,8-15,17,26H,16,18H2,1H3,(H,29,31). The molecule has 0 aliphatic heterocycles. The molecule has 1 N–H and O–H groups in total. The number of pyridine rings is 1. The summed E-state index contributed by atoms with van der Waals surface area (Å²) >= 11 is 0. The molecule has 0 spiro atoms. The highest BCUT2D eigenvalue weighted by molar-refractivity contribution is 5.80. The molecule has 4 aromatic rings. The van der Waals surface area contributed by atoms with Crippen LogP contribution in [0.15, 0.2) is 78.9 Å². The van der Waals surface area contributed by atoms with Gasteiger partial charge in [0.25, 0.3) is 0 Å². The van der Waals surface area contributed by atoms with Crippen molar-refractivity contribution in [2.24, 2.45) is 0 Å². The van der Waals surface area contributed by atoms with Gasteiger partial charge in [-0.2, -0.15) is 0 Å². The Morgan fingerprint density at radius 1 is 0.969 bits per heavy atom. The molecule has 0 fully saturated rings. The molecule has 32 heavy (non-hydrogen) atoms. The van der Waals surface area contributed by atoms with Gasteiger partial charge < -0.3 is 10.1 Å². The zero-order chi connectivity index (χ0) is 21.9. The quantitative estimate of drug-likeness (QED) is 0.451. The number of carbonyl (C=O) groups is 1. The van der Waals surface area contributed by atoms with Crippen LogP contribution < -0.4 is 5.32 Å². The van der Waals surface area contributed by atoms with Gasteiger partial charge in [0.2, 0.25) is 0 Å². The minimum absolute atomic E-state index is 0.0501. The van der Waals surface area contributed by atoms with E-state index in [-0.39, 0.29) is 12.5 Å². The maximum atomic E-state index is 12.2. The van der Waals surface area contributed by atoms with Crippen molar-refractivity contribution >= 4 is 17.0 Å². The Balaban J connectivity index is 1.19. The topological polar surface area (TPSA) is 51.2 Å². The van der Waals surface area contributed by atoms with Gasteiger partial charge in [-0.15, -0.1) is 0 Å². The lowest BCUT2D eigenvalue weighted by atomic mass is 9.98. The number of fused-ring (bicyclic) bond motifs is 4. The number of hydrogen-bond donors (Lipinski definition) is 1. The van der Waals surface area contributed by atoms with E-state index in [4.69, 9.17) is 4.74 Å². The molecule has 3 aromatic carbocycles. The van der Waals surface area contributed by atoms with Crippen molar-refractivity contribution in [1.29, 1.82) is 0 Å². The van der Waals surface area contributed by atoms with Crippen LogP contribution in [0.1, 0.15) is 28.3 Å². The third kappa shape index (κ3) is 3.93. The fraction of sp³-hybridized carbons (Fsp3) is 0.143. The van der Waals surface area contributed by atoms with E-state index in [1.807, 2.05) is 61.5 Å². The Bertz CT molecular complexity index is 1340. The second-order valence-electron chi connectivity index (χ2n) is 7.84. The molecule has 4 heteroatoms. The predicted molar refractivity (Wildman–Crippen MR) is 126 cm³/mol. The third-order valence-electron chi connectivity index (χ3n) is 5.73. The second-order valence-corrected chi connectivity index (χ2v) is 7.84. The van der Waals surface area contributed by atoms with Gasteiger partial charge in [0.1, 0.15) is 6.61 Å². The van der Waals surface area contributed by atoms with Crippen LogP contribution in [0, 0.1) is 18.8 Å². The van der Waals surface area contributed by atoms with Crippen LogP contribution in [0.2, 0.25) is 0 Å². The van der Waals surface area contributed by atoms with Crippen molar-refractivity contribution in [3.05, 3.63) is 101 Å². The number of rotatable bonds is 3. The summed E-state index contributed by atoms with van der Waals surface area (Å²) in [5, 5.41) is 3.77. The number of amides is 1. The number of carbonyl (C=O) groups excluding carboxylic acids is 1. The number of alkyl carbamates (subject to hydrolysis) is 1. The summed E-state index contributed by atoms with van der Waals surface area (Å²) in [7, 11) is 0. The molecule has 0 saturated carbocycles. The molecule has 1 aliphatic carbocycles. The number of aryl methyl sites for hydroxylation is 1. The highest BCUT2D eigenvalue weighted by Gasteiger charge is 2.28. The molecule has 1 aliphatic rings. The maximum absolute atomic E-state index is 12.2. The van der Waals surface area contributed by atoms with Crippen molar-refractivity contribution in [2.45, 2.75) is 12.8 Å². The molecule has 0 bridgehead atoms. The van der Waals surface area contributed by atoms with Crippen LogP contribution in [-0.4, -0.2) is 24.2 Å². The minimum atomic E-state index is -0.459. The SMILES string of the molecule is Cc1ccc2cc(C#CCNC(=O)OCC3c4ccccc4-c4ccccc43)ccc2n1. The number of ether oxygens (including phenoxy) is 1. The van der Waals surface area contributed by atoms with Crippen LogP contribution in [0.3, 0.4) is 0 Å². The fourth-order valence-corrected chi connectivity index (χ4v) is 4.22. The van der Waals surface area contributed by atoms with Crippen LogP contribution in [-0.2, 0) is 4.74 Å². The van der Waals surface area contributed by atoms with Crippen molar-refractivity contribution in [3.63, 3.8) is 0 Å². The second kappa shape index (κ2) is 8.56. The number of nitrogens with one attached hydrogen (secondary N) is 1. The highest BCUT2D eigenvalue weighted by atomic mass is 16.5. The zero-order valence-electron chi connectivity index (χ0n) is 17.8. The Kier molecular flexibility index (Phi) is 5.31. The summed E-state index contributed by atoms with van der Waals surface area (Å²) in [5.41, 5.74) is 7.64. The van der Waals surface area contributed by atoms with Gasteiger partial charge in [0.05, 0.1) is 12.1 Å². The van der Waals surface area contributed by atoms with E-state index in [0.717, 1.165) is 22.2 Å². The molecule has 1 aromatic heterocycles. The van der Waals surface area contributed by atoms with Crippen LogP contribution in [0.5, 0.6) is 0 Å². The summed E-state index contributed by atoms with van der Waals surface area (Å²) in [4.78, 5) is 16.7. The van der Waals surface area contributed by atoms with Gasteiger partial charge >= 0.3 is 6.09 Å². The molecule has 0 radical (unpaired) electrons. The lowest BCUT2D eigenvalue weighted by Crippen LogP contribution is -2.26. The predicted octanol–water partition coefficient (Wildman–Crippen LogP) is 5.43. The molecular weight excluding hydrogens is 396 g/mol. The van der Waals surface area contributed by atoms with E-state index in [9.17, 15) is 4.79 Å². The molecule has 0 saturated heterocycles. The Morgan fingerprint density at radius 2 is 1.69 bits per heavy atom. The molecule has 5 rings (SSSR count). The number of benzene rings is 3. The maximum Gasteiger partial charge on any atom is 0.407 e. The molecule has 0 atom stereocenters. The molecule has 1 heterocycles. The van der Waals surface area contributed by atoms with Crippen LogP contribution in [0.25, 0.3) is 22.0 Å². The number of nitrogens with zero attached hydrogens (tertiary/aromatic N) is 1. The lowest BCUT2D eigenvalue weighted by Gasteiger charge is -2.14. The van der Waals surface area contributed by atoms with Gasteiger partial charge in [0, 0.05) is 22.6 Å². The monoisotopic (exact) mass is 418 g/mol. The van der Waals surface area contributed by atoms with Crippen molar-refractivity contribution in [2.75, 3.05) is 13.2 Å². The highest BCUT2D eigenvalue weighted by Crippen LogP contribution is 2.44. The first-order valence-corrected chi connectivity index (χ1v) is 10.6. The van der Waals surface area contributed by atoms with E-state index >= 15 is 0 Å². The number of hydrogen-bond acceptors (Lipinski definition) is 3. The first kappa shape index (κ1) is 19.8. The van der Waals surface area contributed by atoms with E-state index in [1.54, 1.807) is 0 Å². The minimum Gasteiger partial charge on any atom is -0.449 e. The smallest absolute Gasteiger partial charge is 0.407 e. The molecule has 156 valence electrons. The lowest BCUT2D eigenvalue weighted by molar-refractivity contribution is 0.144. The zero-order valence-corrected chi connectivity index (χ0v) is 17.8. The summed E-state index contributed by atoms with van der Waals surface area (Å²) in [6, 6.07) is 26.5. The van der Waals surface area contributed by atoms with E-state index < -0.39 is 6.09 Å². The molecule has 4 nitrogen and oxygen atoms in total. The van der Waals surface area contributed by atoms with Crippen molar-refractivity contribution < 1.29 is 9.53 Å². The average Bonchev–Trinajstić information content (AvgIpc) is 3.14. The summed E-state index contributed by atoms with van der Waals surface area (Å²) < 4.78 is 5.53. The molecule has 0 unspecified atom stereocenters. The molecular formula is C28H22N2O2. The first-order valence-electron chi connectivity index (χ1n) is 10.6. The first-order chi connectivity index (χ1) is 15.7. The van der Waals surface area contributed by atoms with Gasteiger partial charge in [-0.05, 0) is 53.4 Å². The number of aromatic nitrogens is 1. The normalized spacial score (nSPS) is 11.9. The Morgan fingerprint density at radius 3 is 2.44 bits per heavy atom. The van der Waals surface area contributed by atoms with E-state index in [1.165, 1.54) is 22.3 Å². The van der Waals surface area contributed by atoms with Gasteiger partial charge in [-0.3, -0.25) is 4.98 Å². The van der Waals surface area contributed by atoms with Crippen molar-refractivity contribution in [3.8, 4) is 23.0 Å². The average molecular weight is 418 g/mol. The van der Waals surface area contributed by atoms with Gasteiger partial charge in [0.15, 0.2) is 0 Å². The largest absolute Gasteiger partial charge is 0.449 e. The van der Waals surface area contributed by atoms with Gasteiger partial charge in [-0.1, -0.05) is 66.4 Å².